The monoisotopic (exact) mass is 508 g/mol. The third-order valence-corrected chi connectivity index (χ3v) is 7.65. The van der Waals surface area contributed by atoms with Gasteiger partial charge in [-0.05, 0) is 74.2 Å². The molecule has 0 spiro atoms. The zero-order chi connectivity index (χ0) is 25.8. The van der Waals surface area contributed by atoms with Crippen molar-refractivity contribution in [3.05, 3.63) is 46.0 Å². The molecule has 1 aromatic carbocycles. The molecule has 0 radical (unpaired) electrons. The second kappa shape index (κ2) is 11.4. The van der Waals surface area contributed by atoms with E-state index in [2.05, 4.69) is 25.4 Å². The Kier molecular flexibility index (Phi) is 7.83. The van der Waals surface area contributed by atoms with E-state index in [0.29, 0.717) is 50.5 Å². The second-order valence-corrected chi connectivity index (χ2v) is 9.97. The Balaban J connectivity index is 1.54. The number of rotatable bonds is 8. The van der Waals surface area contributed by atoms with Gasteiger partial charge in [0, 0.05) is 29.6 Å². The van der Waals surface area contributed by atoms with Gasteiger partial charge in [0.15, 0.2) is 5.82 Å². The van der Waals surface area contributed by atoms with Crippen LogP contribution in [0.4, 0.5) is 0 Å². The molecule has 0 bridgehead atoms. The number of esters is 1. The summed E-state index contributed by atoms with van der Waals surface area (Å²) in [6.45, 7) is 6.01. The summed E-state index contributed by atoms with van der Waals surface area (Å²) in [5.41, 5.74) is 1.19. The van der Waals surface area contributed by atoms with E-state index in [9.17, 15) is 9.59 Å². The predicted octanol–water partition coefficient (Wildman–Crippen LogP) is 3.78. The average molecular weight is 509 g/mol. The predicted molar refractivity (Wildman–Crippen MR) is 138 cm³/mol. The summed E-state index contributed by atoms with van der Waals surface area (Å²) < 4.78 is 12.9. The van der Waals surface area contributed by atoms with E-state index in [-0.39, 0.29) is 23.5 Å². The van der Waals surface area contributed by atoms with Crippen LogP contribution in [-0.2, 0) is 9.53 Å². The summed E-state index contributed by atoms with van der Waals surface area (Å²) in [6.07, 6.45) is 6.92. The fraction of sp³-hybridized carbons (Fsp3) is 0.593. The third kappa shape index (κ3) is 5.39. The number of nitrogens with one attached hydrogen (secondary N) is 1. The molecule has 10 nitrogen and oxygen atoms in total. The molecule has 2 aromatic heterocycles. The van der Waals surface area contributed by atoms with E-state index in [4.69, 9.17) is 9.47 Å². The lowest BCUT2D eigenvalue weighted by molar-refractivity contribution is -0.149. The van der Waals surface area contributed by atoms with Crippen molar-refractivity contribution in [3.8, 4) is 5.75 Å². The largest absolute Gasteiger partial charge is 0.494 e. The Morgan fingerprint density at radius 1 is 1.08 bits per heavy atom. The van der Waals surface area contributed by atoms with Crippen LogP contribution in [-0.4, -0.2) is 62.4 Å². The van der Waals surface area contributed by atoms with Crippen molar-refractivity contribution < 1.29 is 14.3 Å². The first kappa shape index (κ1) is 25.4. The lowest BCUT2D eigenvalue weighted by Crippen LogP contribution is -2.42. The number of H-pyrrole nitrogens is 1. The molecule has 1 atom stereocenters. The van der Waals surface area contributed by atoms with Crippen molar-refractivity contribution in [1.82, 2.24) is 30.1 Å². The maximum Gasteiger partial charge on any atom is 0.309 e. The number of hydrogen-bond donors (Lipinski definition) is 1. The maximum atomic E-state index is 13.5. The number of pyridine rings is 1. The van der Waals surface area contributed by atoms with Crippen LogP contribution in [0.2, 0.25) is 0 Å². The van der Waals surface area contributed by atoms with Crippen LogP contribution in [0.1, 0.15) is 82.3 Å². The molecule has 5 rings (SSSR count). The Morgan fingerprint density at radius 2 is 1.86 bits per heavy atom. The topological polar surface area (TPSA) is 115 Å². The highest BCUT2D eigenvalue weighted by Crippen LogP contribution is 2.35. The molecule has 1 saturated heterocycles. The number of carbonyl (C=O) groups is 1. The first-order valence-corrected chi connectivity index (χ1v) is 13.6. The Hall–Kier alpha value is -3.27. The molecule has 198 valence electrons. The van der Waals surface area contributed by atoms with Gasteiger partial charge in [0.1, 0.15) is 11.8 Å². The number of tetrazole rings is 1. The summed E-state index contributed by atoms with van der Waals surface area (Å²) >= 11 is 0. The highest BCUT2D eigenvalue weighted by molar-refractivity contribution is 5.80. The van der Waals surface area contributed by atoms with Gasteiger partial charge in [-0.2, -0.15) is 0 Å². The van der Waals surface area contributed by atoms with Crippen LogP contribution in [0.15, 0.2) is 29.1 Å². The van der Waals surface area contributed by atoms with Gasteiger partial charge in [0.2, 0.25) is 0 Å². The second-order valence-electron chi connectivity index (χ2n) is 9.97. The number of aromatic nitrogens is 5. The fourth-order valence-corrected chi connectivity index (χ4v) is 5.78. The minimum absolute atomic E-state index is 0.130. The molecule has 10 heteroatoms. The van der Waals surface area contributed by atoms with Crippen LogP contribution in [0.3, 0.4) is 0 Å². The summed E-state index contributed by atoms with van der Waals surface area (Å²) in [5.74, 6) is 1.17. The van der Waals surface area contributed by atoms with Gasteiger partial charge in [0.25, 0.3) is 5.56 Å². The molecule has 1 N–H and O–H groups in total. The molecule has 37 heavy (non-hydrogen) atoms. The highest BCUT2D eigenvalue weighted by Gasteiger charge is 2.36. The summed E-state index contributed by atoms with van der Waals surface area (Å²) in [5, 5.41) is 13.8. The van der Waals surface area contributed by atoms with Crippen molar-refractivity contribution >= 4 is 16.9 Å². The molecule has 3 heterocycles. The molecule has 2 fully saturated rings. The minimum atomic E-state index is -0.427. The number of hydrogen-bond acceptors (Lipinski definition) is 8. The number of aromatic amines is 1. The average Bonchev–Trinajstić information content (AvgIpc) is 3.40. The first-order chi connectivity index (χ1) is 18.1. The number of fused-ring (bicyclic) bond motifs is 1. The standard InChI is InChI=1S/C27H36N6O4/c1-3-36-21-10-11-23-19(16-21)17-22(26(34)28-23)24(32-14-12-18(13-15-32)27(35)37-4-2)25-29-30-31-33(25)20-8-6-5-7-9-20/h10-11,16-18,20,24H,3-9,12-15H2,1-2H3,(H,28,34)/t24-/m0/s1. The highest BCUT2D eigenvalue weighted by atomic mass is 16.5. The van der Waals surface area contributed by atoms with Crippen molar-refractivity contribution in [2.75, 3.05) is 26.3 Å². The van der Waals surface area contributed by atoms with Gasteiger partial charge in [-0.15, -0.1) is 5.10 Å². The van der Waals surface area contributed by atoms with Crippen molar-refractivity contribution in [1.29, 1.82) is 0 Å². The van der Waals surface area contributed by atoms with Gasteiger partial charge in [-0.3, -0.25) is 14.5 Å². The van der Waals surface area contributed by atoms with Crippen LogP contribution >= 0.6 is 0 Å². The van der Waals surface area contributed by atoms with Crippen LogP contribution in [0.25, 0.3) is 10.9 Å². The lowest BCUT2D eigenvalue weighted by Gasteiger charge is -2.36. The quantitative estimate of drug-likeness (QED) is 0.457. The summed E-state index contributed by atoms with van der Waals surface area (Å²) in [4.78, 5) is 31.2. The molecule has 0 unspecified atom stereocenters. The van der Waals surface area contributed by atoms with E-state index in [1.807, 2.05) is 42.8 Å². The SMILES string of the molecule is CCOC(=O)C1CCN([C@@H](c2cc3cc(OCC)ccc3[nH]c2=O)c2nnnn2C2CCCCC2)CC1. The van der Waals surface area contributed by atoms with Crippen molar-refractivity contribution in [2.24, 2.45) is 5.92 Å². The molecular weight excluding hydrogens is 472 g/mol. The fourth-order valence-electron chi connectivity index (χ4n) is 5.78. The van der Waals surface area contributed by atoms with E-state index in [1.54, 1.807) is 0 Å². The number of likely N-dealkylation sites (tertiary alicyclic amines) is 1. The Morgan fingerprint density at radius 3 is 2.59 bits per heavy atom. The van der Waals surface area contributed by atoms with Gasteiger partial charge < -0.3 is 14.5 Å². The Bertz CT molecular complexity index is 1270. The lowest BCUT2D eigenvalue weighted by atomic mass is 9.93. The van der Waals surface area contributed by atoms with Crippen LogP contribution in [0, 0.1) is 5.92 Å². The Labute approximate surface area is 216 Å². The van der Waals surface area contributed by atoms with Gasteiger partial charge in [-0.1, -0.05) is 19.3 Å². The maximum absolute atomic E-state index is 13.5. The number of benzene rings is 1. The summed E-state index contributed by atoms with van der Waals surface area (Å²) in [7, 11) is 0. The minimum Gasteiger partial charge on any atom is -0.494 e. The molecule has 0 amide bonds. The molecule has 1 aliphatic carbocycles. The van der Waals surface area contributed by atoms with Gasteiger partial charge >= 0.3 is 5.97 Å². The number of nitrogens with zero attached hydrogens (tertiary/aromatic N) is 5. The van der Waals surface area contributed by atoms with Gasteiger partial charge in [0.05, 0.1) is 25.2 Å². The number of ether oxygens (including phenoxy) is 2. The molecule has 2 aliphatic rings. The molecule has 3 aromatic rings. The van der Waals surface area contributed by atoms with Gasteiger partial charge in [-0.25, -0.2) is 4.68 Å². The third-order valence-electron chi connectivity index (χ3n) is 7.65. The van der Waals surface area contributed by atoms with E-state index < -0.39 is 6.04 Å². The molecular formula is C27H36N6O4. The number of piperidine rings is 1. The van der Waals surface area contributed by atoms with Crippen molar-refractivity contribution in [3.63, 3.8) is 0 Å². The van der Waals surface area contributed by atoms with E-state index in [1.165, 1.54) is 6.42 Å². The van der Waals surface area contributed by atoms with E-state index in [0.717, 1.165) is 42.3 Å². The smallest absolute Gasteiger partial charge is 0.309 e. The first-order valence-electron chi connectivity index (χ1n) is 13.6. The van der Waals surface area contributed by atoms with Crippen LogP contribution < -0.4 is 10.3 Å². The zero-order valence-corrected chi connectivity index (χ0v) is 21.7. The van der Waals surface area contributed by atoms with E-state index >= 15 is 0 Å². The van der Waals surface area contributed by atoms with Crippen LogP contribution in [0.5, 0.6) is 5.75 Å². The summed E-state index contributed by atoms with van der Waals surface area (Å²) in [6, 6.07) is 7.43. The number of carbonyl (C=O) groups excluding carboxylic acids is 1. The normalized spacial score (nSPS) is 18.6. The molecule has 1 aliphatic heterocycles. The molecule has 1 saturated carbocycles. The van der Waals surface area contributed by atoms with Crippen molar-refractivity contribution in [2.45, 2.75) is 70.9 Å². The zero-order valence-electron chi connectivity index (χ0n) is 21.7.